The third-order valence-corrected chi connectivity index (χ3v) is 6.07. The monoisotopic (exact) mass is 475 g/mol. The third kappa shape index (κ3) is 5.41. The molecule has 1 aliphatic rings. The Balaban J connectivity index is 1.57. The van der Waals surface area contributed by atoms with E-state index < -0.39 is 30.3 Å². The lowest BCUT2D eigenvalue weighted by molar-refractivity contribution is -0.165. The largest absolute Gasteiger partial charge is 0.510 e. The van der Waals surface area contributed by atoms with E-state index in [9.17, 15) is 20.3 Å². The van der Waals surface area contributed by atoms with Gasteiger partial charge in [-0.05, 0) is 31.9 Å². The number of hydrogen-bond acceptors (Lipinski definition) is 10. The highest BCUT2D eigenvalue weighted by molar-refractivity contribution is 5.66. The number of aliphatic hydroxyl groups excluding tert-OH is 2. The number of aliphatic hydroxyl groups is 2. The fraction of sp³-hybridized carbons (Fsp3) is 0.652. The summed E-state index contributed by atoms with van der Waals surface area (Å²) >= 11 is 0. The molecule has 0 bridgehead atoms. The maximum Gasteiger partial charge on any atom is 0.510 e. The Bertz CT molecular complexity index is 1010. The molecule has 2 aromatic heterocycles. The lowest BCUT2D eigenvalue weighted by Gasteiger charge is -2.23. The molecule has 2 aromatic rings. The Morgan fingerprint density at radius 1 is 1.29 bits per heavy atom. The molecule has 34 heavy (non-hydrogen) atoms. The van der Waals surface area contributed by atoms with Crippen LogP contribution in [0.5, 0.6) is 0 Å². The third-order valence-electron chi connectivity index (χ3n) is 6.07. The number of hydrogen-bond donors (Lipinski definition) is 3. The van der Waals surface area contributed by atoms with Crippen LogP contribution >= 0.6 is 0 Å². The van der Waals surface area contributed by atoms with Gasteiger partial charge in [0.2, 0.25) is 11.9 Å². The molecule has 0 radical (unpaired) electrons. The second-order valence-electron chi connectivity index (χ2n) is 8.64. The number of aromatic nitrogens is 3. The van der Waals surface area contributed by atoms with E-state index >= 15 is 0 Å². The fourth-order valence-electron chi connectivity index (χ4n) is 4.14. The average molecular weight is 476 g/mol. The van der Waals surface area contributed by atoms with E-state index in [1.54, 1.807) is 13.0 Å². The number of nitriles is 1. The second kappa shape index (κ2) is 11.5. The minimum absolute atomic E-state index is 0.109. The fourth-order valence-corrected chi connectivity index (χ4v) is 4.14. The smallest absolute Gasteiger partial charge is 0.431 e. The number of carbonyl (C=O) groups is 1. The minimum atomic E-state index is -2.05. The molecule has 0 spiro atoms. The number of nitrogens with two attached hydrogens (primary N) is 1. The van der Waals surface area contributed by atoms with Crippen LogP contribution in [0.1, 0.15) is 70.9 Å². The van der Waals surface area contributed by atoms with E-state index in [-0.39, 0.29) is 17.6 Å². The Kier molecular flexibility index (Phi) is 8.66. The van der Waals surface area contributed by atoms with Crippen LogP contribution < -0.4 is 5.73 Å². The van der Waals surface area contributed by atoms with Gasteiger partial charge in [0.05, 0.1) is 5.69 Å². The molecule has 4 N–H and O–H groups in total. The Labute approximate surface area is 198 Å². The van der Waals surface area contributed by atoms with Gasteiger partial charge in [-0.1, -0.05) is 45.4 Å². The maximum absolute atomic E-state index is 12.3. The molecule has 1 aliphatic heterocycles. The Morgan fingerprint density at radius 2 is 2.00 bits per heavy atom. The summed E-state index contributed by atoms with van der Waals surface area (Å²) in [6, 6.07) is 4.91. The molecule has 1 fully saturated rings. The summed E-state index contributed by atoms with van der Waals surface area (Å²) in [6.45, 7) is 3.94. The molecule has 0 aliphatic carbocycles. The molecule has 0 amide bonds. The number of rotatable bonds is 11. The van der Waals surface area contributed by atoms with Crippen molar-refractivity contribution in [3.63, 3.8) is 0 Å². The molecule has 0 aromatic carbocycles. The Morgan fingerprint density at radius 3 is 2.71 bits per heavy atom. The summed E-state index contributed by atoms with van der Waals surface area (Å²) in [5.41, 5.74) is 4.27. The van der Waals surface area contributed by atoms with E-state index in [2.05, 4.69) is 17.0 Å². The molecule has 3 rings (SSSR count). The van der Waals surface area contributed by atoms with E-state index in [0.717, 1.165) is 19.3 Å². The van der Waals surface area contributed by atoms with Gasteiger partial charge >= 0.3 is 6.16 Å². The van der Waals surface area contributed by atoms with Crippen molar-refractivity contribution in [2.24, 2.45) is 0 Å². The number of ether oxygens (including phenoxy) is 3. The van der Waals surface area contributed by atoms with Crippen molar-refractivity contribution in [2.75, 3.05) is 5.73 Å². The molecule has 11 heteroatoms. The molecule has 0 saturated carbocycles. The van der Waals surface area contributed by atoms with Gasteiger partial charge in [-0.25, -0.2) is 14.3 Å². The first-order chi connectivity index (χ1) is 16.3. The quantitative estimate of drug-likeness (QED) is 0.325. The standard InChI is InChI=1S/C23H33N5O6/c1-3-4-5-6-7-8-9-10-15(2)32-22(31)33-21-18(29)19(30)23(13-24,34-21)17-12-11-16-20(25)26-14-27-28(16)17/h11-12,14-15,18-19,21,29-30H,3-10H2,1-2H3,(H2,25,26,27)/t15?,18-,19+,21-,23-/m0/s1. The summed E-state index contributed by atoms with van der Waals surface area (Å²) in [5, 5.41) is 35.1. The zero-order valence-corrected chi connectivity index (χ0v) is 19.6. The molecular formula is C23H33N5O6. The van der Waals surface area contributed by atoms with E-state index in [1.807, 2.05) is 6.07 Å². The summed E-state index contributed by atoms with van der Waals surface area (Å²) in [5.74, 6) is 0.161. The normalized spacial score (nSPS) is 25.2. The first kappa shape index (κ1) is 25.7. The number of unbranched alkanes of at least 4 members (excludes halogenated alkanes) is 6. The number of carbonyl (C=O) groups excluding carboxylic acids is 1. The SMILES string of the molecule is CCCCCCCCCC(C)OC(=O)O[C@H]1O[C@@](C#N)(c2ccc3c(N)ncnn23)[C@H](O)[C@@H]1O. The summed E-state index contributed by atoms with van der Waals surface area (Å²) in [4.78, 5) is 16.1. The lowest BCUT2D eigenvalue weighted by atomic mass is 9.93. The predicted octanol–water partition coefficient (Wildman–Crippen LogP) is 2.79. The molecular weight excluding hydrogens is 442 g/mol. The van der Waals surface area contributed by atoms with Crippen molar-refractivity contribution >= 4 is 17.5 Å². The van der Waals surface area contributed by atoms with Crippen LogP contribution in [0.25, 0.3) is 5.52 Å². The van der Waals surface area contributed by atoms with Gasteiger partial charge in [-0.15, -0.1) is 0 Å². The number of fused-ring (bicyclic) bond motifs is 1. The van der Waals surface area contributed by atoms with Crippen molar-refractivity contribution in [2.45, 2.75) is 95.4 Å². The topological polar surface area (TPSA) is 165 Å². The summed E-state index contributed by atoms with van der Waals surface area (Å²) in [7, 11) is 0. The van der Waals surface area contributed by atoms with E-state index in [0.29, 0.717) is 11.9 Å². The first-order valence-electron chi connectivity index (χ1n) is 11.7. The van der Waals surface area contributed by atoms with E-state index in [1.165, 1.54) is 42.6 Å². The van der Waals surface area contributed by atoms with Crippen molar-refractivity contribution < 1.29 is 29.2 Å². The minimum Gasteiger partial charge on any atom is -0.431 e. The van der Waals surface area contributed by atoms with Gasteiger partial charge < -0.3 is 30.2 Å². The second-order valence-corrected chi connectivity index (χ2v) is 8.64. The summed E-state index contributed by atoms with van der Waals surface area (Å²) in [6.07, 6.45) is 3.46. The average Bonchev–Trinajstić information content (AvgIpc) is 3.35. The van der Waals surface area contributed by atoms with Gasteiger partial charge in [0, 0.05) is 0 Å². The van der Waals surface area contributed by atoms with Crippen molar-refractivity contribution in [3.8, 4) is 6.07 Å². The van der Waals surface area contributed by atoms with Gasteiger partial charge in [-0.3, -0.25) is 0 Å². The molecule has 3 heterocycles. The van der Waals surface area contributed by atoms with Gasteiger partial charge in [-0.2, -0.15) is 10.4 Å². The van der Waals surface area contributed by atoms with Crippen LogP contribution in [-0.4, -0.2) is 55.6 Å². The first-order valence-corrected chi connectivity index (χ1v) is 11.7. The van der Waals surface area contributed by atoms with Crippen LogP contribution in [0.4, 0.5) is 10.6 Å². The number of anilines is 1. The van der Waals surface area contributed by atoms with Crippen molar-refractivity contribution in [3.05, 3.63) is 24.2 Å². The molecule has 11 nitrogen and oxygen atoms in total. The zero-order chi connectivity index (χ0) is 24.7. The Hall–Kier alpha value is -2.94. The highest BCUT2D eigenvalue weighted by atomic mass is 16.8. The van der Waals surface area contributed by atoms with Crippen LogP contribution in [0.15, 0.2) is 18.5 Å². The van der Waals surface area contributed by atoms with Gasteiger partial charge in [0.15, 0.2) is 5.82 Å². The summed E-state index contributed by atoms with van der Waals surface area (Å²) < 4.78 is 17.3. The molecule has 1 unspecified atom stereocenters. The highest BCUT2D eigenvalue weighted by Gasteiger charge is 2.59. The molecule has 186 valence electrons. The lowest BCUT2D eigenvalue weighted by Crippen LogP contribution is -2.41. The van der Waals surface area contributed by atoms with E-state index in [4.69, 9.17) is 19.9 Å². The van der Waals surface area contributed by atoms with Gasteiger partial charge in [0.1, 0.15) is 36.2 Å². The van der Waals surface area contributed by atoms with Crippen LogP contribution in [-0.2, 0) is 19.8 Å². The predicted molar refractivity (Wildman–Crippen MR) is 121 cm³/mol. The van der Waals surface area contributed by atoms with Crippen LogP contribution in [0, 0.1) is 11.3 Å². The zero-order valence-electron chi connectivity index (χ0n) is 19.6. The van der Waals surface area contributed by atoms with Gasteiger partial charge in [0.25, 0.3) is 0 Å². The van der Waals surface area contributed by atoms with Crippen molar-refractivity contribution in [1.29, 1.82) is 5.26 Å². The van der Waals surface area contributed by atoms with Crippen LogP contribution in [0.3, 0.4) is 0 Å². The van der Waals surface area contributed by atoms with Crippen molar-refractivity contribution in [1.82, 2.24) is 14.6 Å². The number of nitrogen functional groups attached to an aromatic ring is 1. The highest BCUT2D eigenvalue weighted by Crippen LogP contribution is 2.40. The number of nitrogens with zero attached hydrogens (tertiary/aromatic N) is 4. The molecule has 5 atom stereocenters. The molecule has 1 saturated heterocycles. The van der Waals surface area contributed by atoms with Crippen LogP contribution in [0.2, 0.25) is 0 Å². The maximum atomic E-state index is 12.3.